The smallest absolute Gasteiger partial charge is 0.345 e. The van der Waals surface area contributed by atoms with Crippen molar-refractivity contribution in [2.24, 2.45) is 0 Å². The van der Waals surface area contributed by atoms with E-state index >= 15 is 0 Å². The van der Waals surface area contributed by atoms with Crippen molar-refractivity contribution >= 4 is 48.5 Å². The van der Waals surface area contributed by atoms with E-state index in [4.69, 9.17) is 15.2 Å². The normalized spacial score (nSPS) is 11.5. The molecule has 0 unspecified atom stereocenters. The fraction of sp³-hybridized carbons (Fsp3) is 0. The van der Waals surface area contributed by atoms with Gasteiger partial charge in [0.1, 0.15) is 0 Å². The second kappa shape index (κ2) is 8.71. The van der Waals surface area contributed by atoms with Crippen LogP contribution in [0.15, 0.2) is 121 Å². The molecule has 4 heteroatoms. The van der Waals surface area contributed by atoms with Crippen LogP contribution in [0.1, 0.15) is 0 Å². The van der Waals surface area contributed by atoms with E-state index in [2.05, 4.69) is 72.8 Å². The summed E-state index contributed by atoms with van der Waals surface area (Å²) in [6, 6.07) is 41.5. The van der Waals surface area contributed by atoms with E-state index in [-0.39, 0.29) is 0 Å². The van der Waals surface area contributed by atoms with Crippen LogP contribution in [0.4, 0.5) is 0 Å². The van der Waals surface area contributed by atoms with E-state index < -0.39 is 16.7 Å². The molecule has 0 aliphatic heterocycles. The summed E-state index contributed by atoms with van der Waals surface area (Å²) in [6.45, 7) is 0. The molecule has 0 saturated carbocycles. The van der Waals surface area contributed by atoms with E-state index in [0.717, 1.165) is 10.4 Å². The molecule has 28 heavy (non-hydrogen) atoms. The number of hydrogen-bond acceptors (Lipinski definition) is 1. The summed E-state index contributed by atoms with van der Waals surface area (Å²) in [7, 11) is -4.88. The first-order valence-electron chi connectivity index (χ1n) is 9.35. The Morgan fingerprint density at radius 2 is 0.821 bits per heavy atom. The summed E-state index contributed by atoms with van der Waals surface area (Å²) < 4.78 is 7.03. The molecule has 0 radical (unpaired) electrons. The van der Waals surface area contributed by atoms with E-state index in [1.807, 2.05) is 48.5 Å². The Kier molecular flexibility index (Phi) is 5.88. The highest BCUT2D eigenvalue weighted by Gasteiger charge is 2.41. The molecular formula is C24H21ClOSi2. The van der Waals surface area contributed by atoms with Crippen LogP contribution in [0.25, 0.3) is 0 Å². The summed E-state index contributed by atoms with van der Waals surface area (Å²) in [5.41, 5.74) is 0. The van der Waals surface area contributed by atoms with Gasteiger partial charge in [-0.2, -0.15) is 0 Å². The highest BCUT2D eigenvalue weighted by Crippen LogP contribution is 2.14. The third kappa shape index (κ3) is 4.03. The molecule has 0 amide bonds. The molecule has 4 rings (SSSR count). The first-order valence-corrected chi connectivity index (χ1v) is 13.9. The van der Waals surface area contributed by atoms with Gasteiger partial charge in [0.15, 0.2) is 0 Å². The first-order chi connectivity index (χ1) is 13.8. The molecule has 4 aromatic rings. The van der Waals surface area contributed by atoms with Gasteiger partial charge in [-0.1, -0.05) is 121 Å². The Balaban J connectivity index is 1.84. The number of rotatable bonds is 6. The molecule has 0 saturated heterocycles. The van der Waals surface area contributed by atoms with Crippen LogP contribution < -0.4 is 20.7 Å². The van der Waals surface area contributed by atoms with E-state index in [1.54, 1.807) is 0 Å². The Bertz CT molecular complexity index is 917. The minimum Gasteiger partial charge on any atom is -0.433 e. The highest BCUT2D eigenvalue weighted by molar-refractivity contribution is 7.32. The van der Waals surface area contributed by atoms with Crippen molar-refractivity contribution in [3.05, 3.63) is 121 Å². The molecule has 138 valence electrons. The maximum Gasteiger partial charge on any atom is 0.345 e. The SMILES string of the molecule is Cl[Si](O[SiH](c1ccccc1)c1ccccc1)(c1ccccc1)c1ccccc1. The van der Waals surface area contributed by atoms with Gasteiger partial charge in [0, 0.05) is 0 Å². The maximum absolute atomic E-state index is 7.44. The fourth-order valence-corrected chi connectivity index (χ4v) is 11.5. The number of halogens is 1. The summed E-state index contributed by atoms with van der Waals surface area (Å²) in [5.74, 6) is 0. The lowest BCUT2D eigenvalue weighted by Gasteiger charge is -2.31. The third-order valence-electron chi connectivity index (χ3n) is 4.78. The van der Waals surface area contributed by atoms with Gasteiger partial charge >= 0.3 is 7.63 Å². The predicted molar refractivity (Wildman–Crippen MR) is 124 cm³/mol. The Morgan fingerprint density at radius 3 is 1.18 bits per heavy atom. The van der Waals surface area contributed by atoms with Crippen LogP contribution in [-0.4, -0.2) is 16.7 Å². The highest BCUT2D eigenvalue weighted by atomic mass is 35.6. The van der Waals surface area contributed by atoms with Crippen molar-refractivity contribution in [1.29, 1.82) is 0 Å². The van der Waals surface area contributed by atoms with Crippen LogP contribution in [0.3, 0.4) is 0 Å². The van der Waals surface area contributed by atoms with Gasteiger partial charge in [-0.15, -0.1) is 11.1 Å². The Labute approximate surface area is 173 Å². The molecule has 0 N–H and O–H groups in total. The van der Waals surface area contributed by atoms with Crippen molar-refractivity contribution in [2.75, 3.05) is 0 Å². The molecule has 0 aliphatic carbocycles. The molecule has 0 heterocycles. The lowest BCUT2D eigenvalue weighted by Crippen LogP contribution is -2.63. The fourth-order valence-electron chi connectivity index (χ4n) is 3.35. The minimum absolute atomic E-state index is 1.08. The van der Waals surface area contributed by atoms with Gasteiger partial charge in [0.25, 0.3) is 0 Å². The van der Waals surface area contributed by atoms with Gasteiger partial charge in [-0.3, -0.25) is 0 Å². The third-order valence-corrected chi connectivity index (χ3v) is 13.3. The van der Waals surface area contributed by atoms with Crippen LogP contribution in [0, 0.1) is 0 Å². The molecule has 0 aliphatic rings. The maximum atomic E-state index is 7.44. The quantitative estimate of drug-likeness (QED) is 0.347. The second-order valence-corrected chi connectivity index (χ2v) is 13.6. The second-order valence-electron chi connectivity index (χ2n) is 6.65. The largest absolute Gasteiger partial charge is 0.433 e. The van der Waals surface area contributed by atoms with Crippen molar-refractivity contribution < 1.29 is 4.12 Å². The Morgan fingerprint density at radius 1 is 0.500 bits per heavy atom. The molecule has 0 spiro atoms. The first kappa shape index (κ1) is 18.9. The predicted octanol–water partition coefficient (Wildman–Crippen LogP) is 3.04. The minimum atomic E-state index is -2.90. The average Bonchev–Trinajstić information content (AvgIpc) is 2.80. The van der Waals surface area contributed by atoms with Crippen molar-refractivity contribution in [2.45, 2.75) is 0 Å². The van der Waals surface area contributed by atoms with Crippen molar-refractivity contribution in [3.8, 4) is 0 Å². The van der Waals surface area contributed by atoms with Crippen LogP contribution in [-0.2, 0) is 4.12 Å². The van der Waals surface area contributed by atoms with Crippen LogP contribution in [0.2, 0.25) is 0 Å². The lowest BCUT2D eigenvalue weighted by molar-refractivity contribution is 0.624. The average molecular weight is 417 g/mol. The van der Waals surface area contributed by atoms with Gasteiger partial charge < -0.3 is 4.12 Å². The number of benzene rings is 4. The van der Waals surface area contributed by atoms with E-state index in [1.165, 1.54) is 10.4 Å². The zero-order valence-electron chi connectivity index (χ0n) is 15.4. The van der Waals surface area contributed by atoms with Gasteiger partial charge in [-0.25, -0.2) is 0 Å². The molecule has 4 aromatic carbocycles. The van der Waals surface area contributed by atoms with Crippen LogP contribution >= 0.6 is 11.1 Å². The molecule has 0 atom stereocenters. The van der Waals surface area contributed by atoms with Gasteiger partial charge in [-0.05, 0) is 20.7 Å². The monoisotopic (exact) mass is 416 g/mol. The van der Waals surface area contributed by atoms with Crippen LogP contribution in [0.5, 0.6) is 0 Å². The lowest BCUT2D eigenvalue weighted by atomic mass is 10.4. The van der Waals surface area contributed by atoms with E-state index in [0.29, 0.717) is 0 Å². The molecule has 1 nitrogen and oxygen atoms in total. The summed E-state index contributed by atoms with van der Waals surface area (Å²) >= 11 is 7.44. The van der Waals surface area contributed by atoms with Gasteiger partial charge in [0.2, 0.25) is 9.04 Å². The zero-order chi connectivity index (χ0) is 19.2. The standard InChI is InChI=1S/C24H21ClOSi2/c25-28(23-17-9-3-10-18-23,24-19-11-4-12-20-24)26-27(21-13-5-1-6-14-21)22-15-7-2-8-16-22/h1-20,27H. The summed E-state index contributed by atoms with van der Waals surface area (Å²) in [4.78, 5) is 0. The van der Waals surface area contributed by atoms with Crippen molar-refractivity contribution in [1.82, 2.24) is 0 Å². The molecule has 0 bridgehead atoms. The Hall–Kier alpha value is -2.44. The summed E-state index contributed by atoms with van der Waals surface area (Å²) in [5, 5.41) is 4.62. The van der Waals surface area contributed by atoms with E-state index in [9.17, 15) is 0 Å². The van der Waals surface area contributed by atoms with Crippen molar-refractivity contribution in [3.63, 3.8) is 0 Å². The topological polar surface area (TPSA) is 9.23 Å². The zero-order valence-corrected chi connectivity index (χ0v) is 18.3. The molecule has 0 aromatic heterocycles. The van der Waals surface area contributed by atoms with Gasteiger partial charge in [0.05, 0.1) is 0 Å². The summed E-state index contributed by atoms with van der Waals surface area (Å²) in [6.07, 6.45) is 0. The molecule has 0 fully saturated rings. The number of hydrogen-bond donors (Lipinski definition) is 0. The molecular weight excluding hydrogens is 396 g/mol.